The number of aromatic nitrogens is 1. The van der Waals surface area contributed by atoms with Gasteiger partial charge in [-0.2, -0.15) is 0 Å². The number of phenols is 1. The maximum atomic E-state index is 12.5. The number of nitrogens with zero attached hydrogens (tertiary/aromatic N) is 3. The topological polar surface area (TPSA) is 110 Å². The Morgan fingerprint density at radius 1 is 1.11 bits per heavy atom. The lowest BCUT2D eigenvalue weighted by Gasteiger charge is -2.24. The van der Waals surface area contributed by atoms with Gasteiger partial charge in [-0.1, -0.05) is 38.3 Å². The van der Waals surface area contributed by atoms with Crippen LogP contribution in [0.2, 0.25) is 0 Å². The molecular formula is C26H32N4O4S. The number of phenolic OH excluding ortho intramolecular Hbond substituents is 1. The second-order valence-electron chi connectivity index (χ2n) is 8.95. The normalized spacial score (nSPS) is 14.8. The van der Waals surface area contributed by atoms with Crippen molar-refractivity contribution in [2.75, 3.05) is 19.4 Å². The lowest BCUT2D eigenvalue weighted by molar-refractivity contribution is 0.0824. The van der Waals surface area contributed by atoms with Crippen LogP contribution in [-0.2, 0) is 0 Å². The summed E-state index contributed by atoms with van der Waals surface area (Å²) in [5, 5.41) is 38.5. The zero-order chi connectivity index (χ0) is 25.1. The Morgan fingerprint density at radius 2 is 1.86 bits per heavy atom. The molecule has 1 amide bonds. The highest BCUT2D eigenvalue weighted by Gasteiger charge is 2.29. The predicted molar refractivity (Wildman–Crippen MR) is 140 cm³/mol. The van der Waals surface area contributed by atoms with Crippen LogP contribution in [0.4, 0.5) is 17.1 Å². The van der Waals surface area contributed by atoms with Gasteiger partial charge in [0.2, 0.25) is 11.8 Å². The molecule has 35 heavy (non-hydrogen) atoms. The predicted octanol–water partition coefficient (Wildman–Crippen LogP) is 6.15. The first-order valence-corrected chi connectivity index (χ1v) is 12.8. The molecule has 1 aliphatic carbocycles. The number of hydrogen-bond donors (Lipinski definition) is 4. The minimum absolute atomic E-state index is 0.0460. The number of carbonyl (C=O) groups is 1. The van der Waals surface area contributed by atoms with Crippen molar-refractivity contribution in [3.05, 3.63) is 46.2 Å². The molecule has 0 unspecified atom stereocenters. The van der Waals surface area contributed by atoms with E-state index >= 15 is 0 Å². The number of nitrogens with one attached hydrogen (secondary N) is 1. The van der Waals surface area contributed by atoms with Crippen LogP contribution in [0.25, 0.3) is 0 Å². The number of aromatic hydroxyl groups is 3. The highest BCUT2D eigenvalue weighted by Crippen LogP contribution is 2.51. The second-order valence-corrected chi connectivity index (χ2v) is 9.90. The molecule has 1 saturated carbocycles. The van der Waals surface area contributed by atoms with Crippen molar-refractivity contribution in [1.82, 2.24) is 9.47 Å². The number of thiophene rings is 1. The minimum Gasteiger partial charge on any atom is -0.505 e. The van der Waals surface area contributed by atoms with Crippen molar-refractivity contribution < 1.29 is 20.1 Å². The summed E-state index contributed by atoms with van der Waals surface area (Å²) in [6, 6.07) is 8.68. The van der Waals surface area contributed by atoms with Gasteiger partial charge >= 0.3 is 0 Å². The van der Waals surface area contributed by atoms with Crippen molar-refractivity contribution in [3.8, 4) is 17.5 Å². The molecular weight excluding hydrogens is 464 g/mol. The van der Waals surface area contributed by atoms with Gasteiger partial charge in [-0.15, -0.1) is 11.3 Å². The van der Waals surface area contributed by atoms with Crippen LogP contribution in [0.3, 0.4) is 0 Å². The average Bonchev–Trinajstić information content (AvgIpc) is 3.46. The first-order chi connectivity index (χ1) is 16.8. The summed E-state index contributed by atoms with van der Waals surface area (Å²) >= 11 is 1.56. The summed E-state index contributed by atoms with van der Waals surface area (Å²) in [5.74, 6) is -0.834. The Balaban J connectivity index is 1.85. The lowest BCUT2D eigenvalue weighted by atomic mass is 9.95. The number of para-hydroxylation sites is 1. The van der Waals surface area contributed by atoms with Crippen LogP contribution in [0, 0.1) is 0 Å². The van der Waals surface area contributed by atoms with Crippen LogP contribution < -0.4 is 5.32 Å². The van der Waals surface area contributed by atoms with E-state index in [9.17, 15) is 20.1 Å². The summed E-state index contributed by atoms with van der Waals surface area (Å²) in [5.41, 5.74) is 1.55. The highest BCUT2D eigenvalue weighted by molar-refractivity contribution is 7.12. The van der Waals surface area contributed by atoms with E-state index in [4.69, 9.17) is 4.99 Å². The van der Waals surface area contributed by atoms with Crippen molar-refractivity contribution >= 4 is 40.0 Å². The third-order valence-electron chi connectivity index (χ3n) is 6.39. The molecule has 4 N–H and O–H groups in total. The van der Waals surface area contributed by atoms with Gasteiger partial charge in [-0.3, -0.25) is 9.36 Å². The third kappa shape index (κ3) is 4.86. The zero-order valence-electron chi connectivity index (χ0n) is 20.3. The van der Waals surface area contributed by atoms with Gasteiger partial charge in [-0.25, -0.2) is 4.99 Å². The van der Waals surface area contributed by atoms with Crippen molar-refractivity contribution in [2.24, 2.45) is 4.99 Å². The minimum atomic E-state index is -0.345. The molecule has 0 radical (unpaired) electrons. The Hall–Kier alpha value is -3.46. The molecule has 2 aromatic heterocycles. The van der Waals surface area contributed by atoms with E-state index in [0.717, 1.165) is 42.7 Å². The molecule has 2 heterocycles. The largest absolute Gasteiger partial charge is 0.505 e. The van der Waals surface area contributed by atoms with Gasteiger partial charge in [0, 0.05) is 25.0 Å². The van der Waals surface area contributed by atoms with E-state index in [1.165, 1.54) is 4.90 Å². The van der Waals surface area contributed by atoms with E-state index in [1.54, 1.807) is 48.2 Å². The van der Waals surface area contributed by atoms with Crippen LogP contribution in [0.5, 0.6) is 17.5 Å². The third-order valence-corrected chi connectivity index (χ3v) is 7.31. The Kier molecular flexibility index (Phi) is 7.35. The van der Waals surface area contributed by atoms with Crippen LogP contribution in [0.1, 0.15) is 66.7 Å². The number of rotatable bonds is 7. The molecule has 3 aromatic rings. The van der Waals surface area contributed by atoms with Gasteiger partial charge in [0.25, 0.3) is 5.91 Å². The van der Waals surface area contributed by atoms with E-state index in [-0.39, 0.29) is 52.1 Å². The first kappa shape index (κ1) is 24.7. The maximum Gasteiger partial charge on any atom is 0.257 e. The van der Waals surface area contributed by atoms with Crippen molar-refractivity contribution in [1.29, 1.82) is 0 Å². The fraction of sp³-hybridized carbons (Fsp3) is 0.385. The van der Waals surface area contributed by atoms with Crippen LogP contribution >= 0.6 is 11.3 Å². The number of amides is 1. The Morgan fingerprint density at radius 3 is 2.49 bits per heavy atom. The van der Waals surface area contributed by atoms with Crippen molar-refractivity contribution in [3.63, 3.8) is 0 Å². The number of hydrogen-bond acceptors (Lipinski definition) is 7. The lowest BCUT2D eigenvalue weighted by Crippen LogP contribution is -2.21. The van der Waals surface area contributed by atoms with Gasteiger partial charge in [0.05, 0.1) is 17.0 Å². The number of aliphatic imine (C=N–C) groups is 1. The van der Waals surface area contributed by atoms with E-state index in [0.29, 0.717) is 6.42 Å². The number of anilines is 2. The fourth-order valence-electron chi connectivity index (χ4n) is 4.54. The van der Waals surface area contributed by atoms with Gasteiger partial charge in [0.1, 0.15) is 5.69 Å². The van der Waals surface area contributed by atoms with Crippen LogP contribution in [-0.4, -0.2) is 50.5 Å². The molecule has 0 aliphatic heterocycles. The molecule has 1 fully saturated rings. The molecule has 0 atom stereocenters. The molecule has 4 rings (SSSR count). The monoisotopic (exact) mass is 496 g/mol. The smallest absolute Gasteiger partial charge is 0.257 e. The SMILES string of the molecule is CCC(=Nc1c(Nc2cccc(C(=O)N(C)C)c2O)c(O)n(C2CCCCC2)c1O)c1cccs1. The number of benzene rings is 1. The summed E-state index contributed by atoms with van der Waals surface area (Å²) in [6.07, 6.45) is 5.51. The summed E-state index contributed by atoms with van der Waals surface area (Å²) in [4.78, 5) is 19.6. The number of carbonyl (C=O) groups excluding carboxylic acids is 1. The Labute approximate surface area is 209 Å². The summed E-state index contributed by atoms with van der Waals surface area (Å²) in [6.45, 7) is 1.99. The molecule has 0 saturated heterocycles. The van der Waals surface area contributed by atoms with Gasteiger partial charge in [-0.05, 0) is 42.8 Å². The molecule has 1 aliphatic rings. The average molecular weight is 497 g/mol. The second kappa shape index (κ2) is 10.4. The fourth-order valence-corrected chi connectivity index (χ4v) is 5.32. The molecule has 1 aromatic carbocycles. The molecule has 186 valence electrons. The van der Waals surface area contributed by atoms with E-state index in [2.05, 4.69) is 5.32 Å². The zero-order valence-corrected chi connectivity index (χ0v) is 21.1. The summed E-state index contributed by atoms with van der Waals surface area (Å²) in [7, 11) is 3.22. The van der Waals surface area contributed by atoms with Gasteiger partial charge in [0.15, 0.2) is 11.4 Å². The van der Waals surface area contributed by atoms with Crippen LogP contribution in [0.15, 0.2) is 40.7 Å². The molecule has 0 spiro atoms. The standard InChI is InChI=1S/C26H32N4O4S/c1-4-18(20-14-9-15-35-20)27-21-22(26(34)30(25(21)33)16-10-6-5-7-11-16)28-19-13-8-12-17(23(19)31)24(32)29(2)3/h8-9,12-16,28,31,33-34H,4-7,10-11H2,1-3H3. The van der Waals surface area contributed by atoms with E-state index < -0.39 is 0 Å². The quantitative estimate of drug-likeness (QED) is 0.232. The van der Waals surface area contributed by atoms with Crippen molar-refractivity contribution in [2.45, 2.75) is 51.5 Å². The maximum absolute atomic E-state index is 12.5. The highest BCUT2D eigenvalue weighted by atomic mass is 32.1. The Bertz CT molecular complexity index is 1220. The molecule has 9 heteroatoms. The van der Waals surface area contributed by atoms with E-state index in [1.807, 2.05) is 24.4 Å². The molecule has 8 nitrogen and oxygen atoms in total. The van der Waals surface area contributed by atoms with Gasteiger partial charge < -0.3 is 25.5 Å². The molecule has 0 bridgehead atoms. The summed E-state index contributed by atoms with van der Waals surface area (Å²) < 4.78 is 1.55. The first-order valence-electron chi connectivity index (χ1n) is 11.9.